The van der Waals surface area contributed by atoms with Gasteiger partial charge in [0.1, 0.15) is 133 Å². The van der Waals surface area contributed by atoms with Crippen molar-refractivity contribution in [3.8, 4) is 5.75 Å². The molecule has 7 rings (SSSR count). The zero-order chi connectivity index (χ0) is 49.5. The smallest absolute Gasteiger partial charge is 0.336 e. The van der Waals surface area contributed by atoms with E-state index >= 15 is 0 Å². The normalized spacial score (nSPS) is 45.9. The van der Waals surface area contributed by atoms with Gasteiger partial charge in [0.2, 0.25) is 6.29 Å². The molecule has 386 valence electrons. The van der Waals surface area contributed by atoms with Crippen LogP contribution >= 0.6 is 0 Å². The Hall–Kier alpha value is -2.77. The molecule has 5 saturated heterocycles. The Bertz CT molecular complexity index is 1990. The minimum absolute atomic E-state index is 0.0458. The number of benzene rings is 1. The Kier molecular flexibility index (Phi) is 17.4. The second kappa shape index (κ2) is 22.3. The van der Waals surface area contributed by atoms with Gasteiger partial charge >= 0.3 is 5.63 Å². The molecule has 16 N–H and O–H groups in total. The summed E-state index contributed by atoms with van der Waals surface area (Å²) < 4.78 is 61.4. The number of aliphatic hydroxyl groups excluding tert-OH is 16. The van der Waals surface area contributed by atoms with E-state index < -0.39 is 192 Å². The quantitative estimate of drug-likeness (QED) is 0.0737. The molecule has 0 spiro atoms. The van der Waals surface area contributed by atoms with Gasteiger partial charge in [0, 0.05) is 17.5 Å². The van der Waals surface area contributed by atoms with Crippen LogP contribution in [0.2, 0.25) is 0 Å². The van der Waals surface area contributed by atoms with E-state index in [-0.39, 0.29) is 11.3 Å². The van der Waals surface area contributed by atoms with Gasteiger partial charge in [-0.15, -0.1) is 0 Å². The van der Waals surface area contributed by atoms with Crippen LogP contribution in [0, 0.1) is 6.92 Å². The van der Waals surface area contributed by atoms with Crippen molar-refractivity contribution in [2.75, 3.05) is 33.0 Å². The van der Waals surface area contributed by atoms with Crippen LogP contribution in [0.1, 0.15) is 5.56 Å². The largest absolute Gasteiger partial charge is 0.462 e. The zero-order valence-corrected chi connectivity index (χ0v) is 35.8. The molecule has 0 bridgehead atoms. The molecule has 68 heavy (non-hydrogen) atoms. The van der Waals surface area contributed by atoms with Gasteiger partial charge in [-0.1, -0.05) is 0 Å². The Balaban J connectivity index is 0.965. The third-order valence-corrected chi connectivity index (χ3v) is 12.5. The summed E-state index contributed by atoms with van der Waals surface area (Å²) in [6, 6.07) is 5.71. The number of aliphatic hydroxyl groups is 16. The fraction of sp³-hybridized carbons (Fsp3) is 0.775. The molecule has 5 fully saturated rings. The van der Waals surface area contributed by atoms with E-state index in [1.54, 1.807) is 13.0 Å². The van der Waals surface area contributed by atoms with Gasteiger partial charge in [0.15, 0.2) is 25.2 Å². The standard InChI is InChI=1S/C40H58O28/c1-11-4-20(46)59-14-5-12(2-3-13(11)14)58-36-28(54)23(49)32(16(7-42)61-36)66-38-30(56)25(51)34(18(9-44)63-38)68-40-31(57)26(52)35(19(10-45)64-40)67-39-29(55)24(50)33(17(8-43)62-39)65-37-27(53)22(48)21(47)15(6-41)60-37/h2-5,15-19,21-45,47-57H,6-10H2,1H3. The first-order valence-corrected chi connectivity index (χ1v) is 21.5. The molecule has 28 nitrogen and oxygen atoms in total. The summed E-state index contributed by atoms with van der Waals surface area (Å²) in [5.74, 6) is 0.0458. The molecule has 0 radical (unpaired) electrons. The predicted octanol–water partition coefficient (Wildman–Crippen LogP) is -9.42. The second-order valence-corrected chi connectivity index (χ2v) is 17.0. The summed E-state index contributed by atoms with van der Waals surface area (Å²) in [5, 5.41) is 170. The van der Waals surface area contributed by atoms with Crippen LogP contribution in [0.3, 0.4) is 0 Å². The maximum absolute atomic E-state index is 11.9. The van der Waals surface area contributed by atoms with Crippen molar-refractivity contribution in [3.05, 3.63) is 40.2 Å². The first-order valence-electron chi connectivity index (χ1n) is 21.5. The monoisotopic (exact) mass is 986 g/mol. The maximum atomic E-state index is 11.9. The lowest BCUT2D eigenvalue weighted by Gasteiger charge is -2.49. The molecule has 0 amide bonds. The molecule has 0 saturated carbocycles. The highest BCUT2D eigenvalue weighted by atomic mass is 16.8. The molecule has 0 aliphatic carbocycles. The topological polar surface area (TPSA) is 446 Å². The van der Waals surface area contributed by atoms with Crippen molar-refractivity contribution < 1.29 is 133 Å². The van der Waals surface area contributed by atoms with Crippen molar-refractivity contribution in [1.82, 2.24) is 0 Å². The molecule has 6 heterocycles. The van der Waals surface area contributed by atoms with E-state index in [1.165, 1.54) is 18.2 Å². The van der Waals surface area contributed by atoms with Crippen LogP contribution in [0.15, 0.2) is 33.5 Å². The highest BCUT2D eigenvalue weighted by Gasteiger charge is 2.56. The molecule has 5 aliphatic rings. The SMILES string of the molecule is Cc1cc(=O)oc2cc(OC3OC(CO)C(OC4OC(CO)C(OC5OC(CO)C(OC6OC(CO)C(OC7OC(CO)C(O)C(O)C7O)C(O)C6O)C(O)C5O)C(O)C4O)C(O)C3O)ccc12. The summed E-state index contributed by atoms with van der Waals surface area (Å²) in [5.41, 5.74) is 0.157. The van der Waals surface area contributed by atoms with Gasteiger partial charge < -0.3 is 133 Å². The van der Waals surface area contributed by atoms with Crippen molar-refractivity contribution >= 4 is 11.0 Å². The van der Waals surface area contributed by atoms with Gasteiger partial charge in [0.05, 0.1) is 33.0 Å². The molecule has 1 aromatic carbocycles. The molecule has 28 heteroatoms. The minimum Gasteiger partial charge on any atom is -0.462 e. The minimum atomic E-state index is -2.14. The van der Waals surface area contributed by atoms with Crippen molar-refractivity contribution in [2.45, 2.75) is 160 Å². The number of rotatable bonds is 15. The highest BCUT2D eigenvalue weighted by molar-refractivity contribution is 5.81. The number of ether oxygens (including phenoxy) is 10. The number of aryl methyl sites for hydroxylation is 1. The Morgan fingerprint density at radius 3 is 1.15 bits per heavy atom. The molecule has 5 aliphatic heterocycles. The number of fused-ring (bicyclic) bond motifs is 1. The Morgan fingerprint density at radius 2 is 0.765 bits per heavy atom. The van der Waals surface area contributed by atoms with Gasteiger partial charge in [-0.25, -0.2) is 4.79 Å². The summed E-state index contributed by atoms with van der Waals surface area (Å²) in [6.07, 6.45) is -46.1. The highest BCUT2D eigenvalue weighted by Crippen LogP contribution is 2.36. The second-order valence-electron chi connectivity index (χ2n) is 17.0. The van der Waals surface area contributed by atoms with E-state index in [1.807, 2.05) is 0 Å². The van der Waals surface area contributed by atoms with Gasteiger partial charge in [0.25, 0.3) is 0 Å². The average Bonchev–Trinajstić information content (AvgIpc) is 3.32. The van der Waals surface area contributed by atoms with Gasteiger partial charge in [-0.3, -0.25) is 0 Å². The van der Waals surface area contributed by atoms with Crippen molar-refractivity contribution in [1.29, 1.82) is 0 Å². The molecule has 1 aromatic heterocycles. The number of hydrogen-bond acceptors (Lipinski definition) is 28. The summed E-state index contributed by atoms with van der Waals surface area (Å²) in [7, 11) is 0. The third-order valence-electron chi connectivity index (χ3n) is 12.5. The predicted molar refractivity (Wildman–Crippen MR) is 212 cm³/mol. The van der Waals surface area contributed by atoms with Gasteiger partial charge in [-0.05, 0) is 24.6 Å². The fourth-order valence-corrected chi connectivity index (χ4v) is 8.63. The van der Waals surface area contributed by atoms with Crippen molar-refractivity contribution in [3.63, 3.8) is 0 Å². The summed E-state index contributed by atoms with van der Waals surface area (Å²) >= 11 is 0. The summed E-state index contributed by atoms with van der Waals surface area (Å²) in [4.78, 5) is 11.9. The first kappa shape index (κ1) is 53.0. The lowest BCUT2D eigenvalue weighted by atomic mass is 9.95. The third kappa shape index (κ3) is 10.6. The lowest BCUT2D eigenvalue weighted by Crippen LogP contribution is -2.68. The molecular formula is C40H58O28. The molecule has 2 aromatic rings. The van der Waals surface area contributed by atoms with E-state index in [0.717, 1.165) is 0 Å². The molecular weight excluding hydrogens is 928 g/mol. The first-order chi connectivity index (χ1) is 32.3. The van der Waals surface area contributed by atoms with Crippen LogP contribution in [-0.4, -0.2) is 268 Å². The van der Waals surface area contributed by atoms with Gasteiger partial charge in [-0.2, -0.15) is 0 Å². The average molecular weight is 987 g/mol. The van der Waals surface area contributed by atoms with Crippen LogP contribution < -0.4 is 10.4 Å². The molecule has 25 unspecified atom stereocenters. The lowest BCUT2D eigenvalue weighted by molar-refractivity contribution is -0.392. The van der Waals surface area contributed by atoms with Crippen LogP contribution in [-0.2, 0) is 42.6 Å². The summed E-state index contributed by atoms with van der Waals surface area (Å²) in [6.45, 7) is -2.89. The number of hydrogen-bond donors (Lipinski definition) is 16. The van der Waals surface area contributed by atoms with Crippen LogP contribution in [0.25, 0.3) is 11.0 Å². The van der Waals surface area contributed by atoms with Crippen molar-refractivity contribution in [2.24, 2.45) is 0 Å². The molecule has 25 atom stereocenters. The Labute approximate surface area is 383 Å². The van der Waals surface area contributed by atoms with E-state index in [0.29, 0.717) is 10.9 Å². The van der Waals surface area contributed by atoms with E-state index in [9.17, 15) is 86.5 Å². The van der Waals surface area contributed by atoms with Crippen LogP contribution in [0.5, 0.6) is 5.75 Å². The Morgan fingerprint density at radius 1 is 0.426 bits per heavy atom. The zero-order valence-electron chi connectivity index (χ0n) is 35.8. The van der Waals surface area contributed by atoms with E-state index in [2.05, 4.69) is 0 Å². The van der Waals surface area contributed by atoms with E-state index in [4.69, 9.17) is 51.8 Å². The fourth-order valence-electron chi connectivity index (χ4n) is 8.63. The van der Waals surface area contributed by atoms with Crippen LogP contribution in [0.4, 0.5) is 0 Å². The maximum Gasteiger partial charge on any atom is 0.336 e.